The van der Waals surface area contributed by atoms with E-state index >= 15 is 0 Å². The van der Waals surface area contributed by atoms with Gasteiger partial charge in [-0.05, 0) is 12.8 Å². The molecule has 0 fully saturated rings. The van der Waals surface area contributed by atoms with Crippen LogP contribution in [0.3, 0.4) is 0 Å². The van der Waals surface area contributed by atoms with E-state index in [9.17, 15) is 9.59 Å². The first-order chi connectivity index (χ1) is 13.6. The largest absolute Gasteiger partial charge is 0.449 e. The molecule has 0 heterocycles. The van der Waals surface area contributed by atoms with Gasteiger partial charge in [0.2, 0.25) is 11.6 Å². The van der Waals surface area contributed by atoms with Crippen molar-refractivity contribution in [2.45, 2.75) is 31.8 Å². The highest BCUT2D eigenvalue weighted by atomic mass is 28.3. The Morgan fingerprint density at radius 1 is 0.893 bits per heavy atom. The van der Waals surface area contributed by atoms with Gasteiger partial charge in [-0.2, -0.15) is 0 Å². The normalized spacial score (nSPS) is 11.4. The molecule has 0 aromatic heterocycles. The van der Waals surface area contributed by atoms with Crippen LogP contribution in [0.5, 0.6) is 0 Å². The van der Waals surface area contributed by atoms with Gasteiger partial charge in [-0.3, -0.25) is 9.59 Å². The minimum atomic E-state index is -1.46. The molecule has 2 aromatic rings. The summed E-state index contributed by atoms with van der Waals surface area (Å²) in [7, 11) is 2.71. The number of benzene rings is 2. The third kappa shape index (κ3) is 6.73. The Bertz CT molecular complexity index is 657. The van der Waals surface area contributed by atoms with Crippen molar-refractivity contribution in [1.29, 1.82) is 0 Å². The van der Waals surface area contributed by atoms with E-state index in [4.69, 9.17) is 13.0 Å². The summed E-state index contributed by atoms with van der Waals surface area (Å²) in [5.41, 5.74) is -0.469. The second-order valence-electron chi connectivity index (χ2n) is 6.22. The molecular formula is C20H30O5Si3. The number of unbranched alkanes of at least 4 members (excludes halogenated alkanes) is 1. The van der Waals surface area contributed by atoms with E-state index in [1.54, 1.807) is 48.5 Å². The molecule has 0 unspecified atom stereocenters. The smallest absolute Gasteiger partial charge is 0.282 e. The molecule has 2 aromatic carbocycles. The molecule has 0 N–H and O–H groups in total. The molecule has 28 heavy (non-hydrogen) atoms. The summed E-state index contributed by atoms with van der Waals surface area (Å²) >= 11 is 0. The van der Waals surface area contributed by atoms with E-state index in [1.807, 2.05) is 19.1 Å². The van der Waals surface area contributed by atoms with Crippen LogP contribution in [0.25, 0.3) is 0 Å². The van der Waals surface area contributed by atoms with Gasteiger partial charge in [-0.1, -0.05) is 74.0 Å². The van der Waals surface area contributed by atoms with Crippen LogP contribution >= 0.6 is 0 Å². The van der Waals surface area contributed by atoms with Gasteiger partial charge in [0, 0.05) is 18.2 Å². The first-order valence-electron chi connectivity index (χ1n) is 9.30. The Morgan fingerprint density at radius 2 is 1.32 bits per heavy atom. The monoisotopic (exact) mass is 434 g/mol. The van der Waals surface area contributed by atoms with Crippen molar-refractivity contribution in [3.8, 4) is 0 Å². The van der Waals surface area contributed by atoms with E-state index in [1.165, 1.54) is 7.11 Å². The third-order valence-corrected chi connectivity index (χ3v) is 6.16. The highest BCUT2D eigenvalue weighted by molar-refractivity contribution is 6.33. The second-order valence-corrected chi connectivity index (χ2v) is 11.1. The predicted molar refractivity (Wildman–Crippen MR) is 121 cm³/mol. The molecule has 0 aliphatic heterocycles. The SMILES string of the molecule is CCCCC(OC)(C(=O)c1ccccc1)C(=O)c1ccccc1.[SiH3]O[SiH2]O[SiH3]. The third-order valence-electron chi connectivity index (χ3n) is 4.27. The van der Waals surface area contributed by atoms with E-state index in [0.717, 1.165) is 33.8 Å². The van der Waals surface area contributed by atoms with Crippen LogP contribution in [0.4, 0.5) is 0 Å². The predicted octanol–water partition coefficient (Wildman–Crippen LogP) is 0.907. The summed E-state index contributed by atoms with van der Waals surface area (Å²) in [6, 6.07) is 17.7. The highest BCUT2D eigenvalue weighted by Crippen LogP contribution is 2.28. The van der Waals surface area contributed by atoms with Gasteiger partial charge in [0.25, 0.3) is 10.0 Å². The van der Waals surface area contributed by atoms with Crippen molar-refractivity contribution >= 4 is 42.5 Å². The van der Waals surface area contributed by atoms with E-state index < -0.39 is 15.6 Å². The van der Waals surface area contributed by atoms with Crippen molar-refractivity contribution in [3.63, 3.8) is 0 Å². The van der Waals surface area contributed by atoms with Gasteiger partial charge >= 0.3 is 0 Å². The molecular weight excluding hydrogens is 404 g/mol. The number of Topliss-reactive ketones (excluding diaryl/α,β-unsaturated/α-hetero) is 2. The molecule has 0 saturated carbocycles. The summed E-state index contributed by atoms with van der Waals surface area (Å²) < 4.78 is 15.1. The number of methoxy groups -OCH3 is 1. The summed E-state index contributed by atoms with van der Waals surface area (Å²) in [6.07, 6.45) is 2.00. The van der Waals surface area contributed by atoms with Gasteiger partial charge in [-0.25, -0.2) is 0 Å². The molecule has 0 saturated heterocycles. The molecule has 2 rings (SSSR count). The van der Waals surface area contributed by atoms with Crippen molar-refractivity contribution in [3.05, 3.63) is 71.8 Å². The lowest BCUT2D eigenvalue weighted by atomic mass is 9.81. The van der Waals surface area contributed by atoms with E-state index in [0.29, 0.717) is 17.5 Å². The Balaban J connectivity index is 0.000000696. The molecule has 0 amide bonds. The number of carbonyl (C=O) groups excluding carboxylic acids is 2. The van der Waals surface area contributed by atoms with Gasteiger partial charge < -0.3 is 13.0 Å². The highest BCUT2D eigenvalue weighted by Gasteiger charge is 2.45. The van der Waals surface area contributed by atoms with Crippen LogP contribution in [0.2, 0.25) is 0 Å². The maximum atomic E-state index is 13.1. The van der Waals surface area contributed by atoms with E-state index in [-0.39, 0.29) is 11.6 Å². The van der Waals surface area contributed by atoms with Crippen molar-refractivity contribution < 1.29 is 22.6 Å². The van der Waals surface area contributed by atoms with E-state index in [2.05, 4.69) is 0 Å². The number of ether oxygens (including phenoxy) is 1. The first-order valence-corrected chi connectivity index (χ1v) is 12.1. The van der Waals surface area contributed by atoms with Gasteiger partial charge in [0.15, 0.2) is 5.60 Å². The lowest BCUT2D eigenvalue weighted by molar-refractivity contribution is 0.00383. The summed E-state index contributed by atoms with van der Waals surface area (Å²) in [5, 5.41) is 0. The Kier molecular flexibility index (Phi) is 11.7. The Hall–Kier alpha value is -1.69. The molecule has 5 nitrogen and oxygen atoms in total. The molecule has 0 atom stereocenters. The van der Waals surface area contributed by atoms with Crippen molar-refractivity contribution in [2.24, 2.45) is 0 Å². The van der Waals surface area contributed by atoms with Crippen LogP contribution in [0, 0.1) is 0 Å². The van der Waals surface area contributed by atoms with Crippen LogP contribution < -0.4 is 0 Å². The molecule has 8 heteroatoms. The second kappa shape index (κ2) is 13.5. The summed E-state index contributed by atoms with van der Waals surface area (Å²) in [6.45, 7) is 2.03. The van der Waals surface area contributed by atoms with Gasteiger partial charge in [-0.15, -0.1) is 0 Å². The molecule has 0 aliphatic rings. The maximum absolute atomic E-state index is 13.1. The number of rotatable bonds is 10. The first kappa shape index (κ1) is 24.3. The molecule has 0 radical (unpaired) electrons. The zero-order valence-electron chi connectivity index (χ0n) is 17.1. The molecule has 0 spiro atoms. The Morgan fingerprint density at radius 3 is 1.61 bits per heavy atom. The number of carbonyl (C=O) groups is 2. The molecule has 0 aliphatic carbocycles. The molecule has 152 valence electrons. The average molecular weight is 435 g/mol. The summed E-state index contributed by atoms with van der Waals surface area (Å²) in [5.74, 6) is -0.550. The fourth-order valence-electron chi connectivity index (χ4n) is 2.81. The van der Waals surface area contributed by atoms with Crippen molar-refractivity contribution in [1.82, 2.24) is 0 Å². The zero-order valence-corrected chi connectivity index (χ0v) is 22.6. The van der Waals surface area contributed by atoms with Gasteiger partial charge in [0.05, 0.1) is 0 Å². The average Bonchev–Trinajstić information content (AvgIpc) is 2.76. The fraction of sp³-hybridized carbons (Fsp3) is 0.300. The quantitative estimate of drug-likeness (QED) is 0.316. The standard InChI is InChI=1S/C20H22O3.H8O2Si3/c1-3-4-15-20(23-2,18(21)16-11-7-5-8-12-16)19(22)17-13-9-6-10-14-17;3-1-5-2-4/h5-14H,3-4,15H2,1-2H3;5H2,3-4H3. The topological polar surface area (TPSA) is 61.8 Å². The zero-order chi connectivity index (χ0) is 20.8. The maximum Gasteiger partial charge on any atom is 0.282 e. The lowest BCUT2D eigenvalue weighted by Gasteiger charge is -2.29. The van der Waals surface area contributed by atoms with Gasteiger partial charge in [0.1, 0.15) is 21.0 Å². The van der Waals surface area contributed by atoms with Crippen LogP contribution in [0.1, 0.15) is 46.9 Å². The Labute approximate surface area is 175 Å². The number of ketones is 2. The number of hydrogen-bond acceptors (Lipinski definition) is 5. The van der Waals surface area contributed by atoms with Crippen LogP contribution in [-0.2, 0) is 13.0 Å². The number of hydrogen-bond donors (Lipinski definition) is 0. The van der Waals surface area contributed by atoms with Crippen LogP contribution in [-0.4, -0.2) is 55.3 Å². The fourth-order valence-corrected chi connectivity index (χ4v) is 5.87. The summed E-state index contributed by atoms with van der Waals surface area (Å²) in [4.78, 5) is 26.1. The van der Waals surface area contributed by atoms with Crippen LogP contribution in [0.15, 0.2) is 60.7 Å². The minimum Gasteiger partial charge on any atom is -0.449 e. The molecule has 0 bridgehead atoms. The lowest BCUT2D eigenvalue weighted by Crippen LogP contribution is -2.48. The van der Waals surface area contributed by atoms with Crippen molar-refractivity contribution in [2.75, 3.05) is 7.11 Å². The minimum absolute atomic E-state index is 0.275.